The lowest BCUT2D eigenvalue weighted by Gasteiger charge is -2.19. The van der Waals surface area contributed by atoms with Crippen LogP contribution in [-0.4, -0.2) is 18.1 Å². The Bertz CT molecular complexity index is 337. The second-order valence-corrected chi connectivity index (χ2v) is 5.33. The summed E-state index contributed by atoms with van der Waals surface area (Å²) in [7, 11) is 1.63. The summed E-state index contributed by atoms with van der Waals surface area (Å²) in [5.41, 5.74) is 7.46. The number of hydrogen-bond donors (Lipinski definition) is 1. The molecular formula is C16H28N2O. The molecule has 3 heteroatoms. The Morgan fingerprint density at radius 3 is 2.63 bits per heavy atom. The maximum atomic E-state index is 6.27. The normalized spacial score (nSPS) is 14.1. The first-order valence-corrected chi connectivity index (χ1v) is 7.44. The molecule has 19 heavy (non-hydrogen) atoms. The Hall–Kier alpha value is -1.09. The van der Waals surface area contributed by atoms with Crippen LogP contribution in [0.4, 0.5) is 0 Å². The molecule has 2 N–H and O–H groups in total. The van der Waals surface area contributed by atoms with E-state index in [1.54, 1.807) is 7.11 Å². The van der Waals surface area contributed by atoms with Gasteiger partial charge in [-0.25, -0.2) is 4.98 Å². The van der Waals surface area contributed by atoms with Crippen molar-refractivity contribution in [1.82, 2.24) is 4.98 Å². The number of methoxy groups -OCH3 is 1. The fourth-order valence-electron chi connectivity index (χ4n) is 2.45. The van der Waals surface area contributed by atoms with Gasteiger partial charge in [-0.2, -0.15) is 0 Å². The SMILES string of the molecule is CCCCC(CC)CC(N)Cc1ccc(OC)nc1. The molecular weight excluding hydrogens is 236 g/mol. The number of nitrogens with zero attached hydrogens (tertiary/aromatic N) is 1. The number of rotatable bonds is 9. The molecule has 1 rings (SSSR count). The molecule has 1 aromatic rings. The zero-order valence-corrected chi connectivity index (χ0v) is 12.6. The van der Waals surface area contributed by atoms with Gasteiger partial charge in [0.1, 0.15) is 0 Å². The number of aromatic nitrogens is 1. The topological polar surface area (TPSA) is 48.1 Å². The lowest BCUT2D eigenvalue weighted by Crippen LogP contribution is -2.26. The number of unbranched alkanes of at least 4 members (excludes halogenated alkanes) is 1. The van der Waals surface area contributed by atoms with E-state index in [0.29, 0.717) is 5.88 Å². The molecule has 0 aliphatic carbocycles. The van der Waals surface area contributed by atoms with Gasteiger partial charge in [0.25, 0.3) is 0 Å². The molecule has 1 aromatic heterocycles. The van der Waals surface area contributed by atoms with E-state index in [9.17, 15) is 0 Å². The van der Waals surface area contributed by atoms with E-state index < -0.39 is 0 Å². The van der Waals surface area contributed by atoms with Crippen molar-refractivity contribution >= 4 is 0 Å². The van der Waals surface area contributed by atoms with Gasteiger partial charge < -0.3 is 10.5 Å². The highest BCUT2D eigenvalue weighted by atomic mass is 16.5. The van der Waals surface area contributed by atoms with Gasteiger partial charge in [0.05, 0.1) is 7.11 Å². The summed E-state index contributed by atoms with van der Waals surface area (Å²) in [6.07, 6.45) is 9.01. The minimum atomic E-state index is 0.233. The summed E-state index contributed by atoms with van der Waals surface area (Å²) in [5.74, 6) is 1.42. The highest BCUT2D eigenvalue weighted by Crippen LogP contribution is 2.19. The van der Waals surface area contributed by atoms with Crippen LogP contribution in [0.5, 0.6) is 5.88 Å². The van der Waals surface area contributed by atoms with Crippen molar-refractivity contribution in [2.24, 2.45) is 11.7 Å². The molecule has 0 fully saturated rings. The molecule has 2 unspecified atom stereocenters. The van der Waals surface area contributed by atoms with Crippen molar-refractivity contribution in [3.05, 3.63) is 23.9 Å². The summed E-state index contributed by atoms with van der Waals surface area (Å²) < 4.78 is 5.06. The van der Waals surface area contributed by atoms with Crippen LogP contribution in [0.15, 0.2) is 18.3 Å². The van der Waals surface area contributed by atoms with Gasteiger partial charge >= 0.3 is 0 Å². The molecule has 0 bridgehead atoms. The van der Waals surface area contributed by atoms with Gasteiger partial charge in [-0.15, -0.1) is 0 Å². The van der Waals surface area contributed by atoms with Crippen molar-refractivity contribution in [2.75, 3.05) is 7.11 Å². The standard InChI is InChI=1S/C16H28N2O/c1-4-6-7-13(5-2)10-15(17)11-14-8-9-16(19-3)18-12-14/h8-9,12-13,15H,4-7,10-11,17H2,1-3H3. The van der Waals surface area contributed by atoms with E-state index in [0.717, 1.165) is 18.8 Å². The van der Waals surface area contributed by atoms with Crippen molar-refractivity contribution in [2.45, 2.75) is 58.4 Å². The van der Waals surface area contributed by atoms with Crippen molar-refractivity contribution in [3.63, 3.8) is 0 Å². The Labute approximate surface area is 117 Å². The van der Waals surface area contributed by atoms with Crippen molar-refractivity contribution < 1.29 is 4.74 Å². The van der Waals surface area contributed by atoms with Crippen LogP contribution in [0.2, 0.25) is 0 Å². The molecule has 0 saturated carbocycles. The lowest BCUT2D eigenvalue weighted by molar-refractivity contribution is 0.382. The highest BCUT2D eigenvalue weighted by molar-refractivity contribution is 5.18. The Balaban J connectivity index is 2.41. The first-order chi connectivity index (χ1) is 9.19. The second-order valence-electron chi connectivity index (χ2n) is 5.33. The zero-order chi connectivity index (χ0) is 14.1. The summed E-state index contributed by atoms with van der Waals surface area (Å²) in [6, 6.07) is 4.19. The largest absolute Gasteiger partial charge is 0.481 e. The van der Waals surface area contributed by atoms with E-state index >= 15 is 0 Å². The average molecular weight is 264 g/mol. The number of nitrogens with two attached hydrogens (primary N) is 1. The molecule has 1 heterocycles. The van der Waals surface area contributed by atoms with E-state index in [4.69, 9.17) is 10.5 Å². The molecule has 0 saturated heterocycles. The third-order valence-electron chi connectivity index (χ3n) is 3.68. The molecule has 0 aliphatic heterocycles. The van der Waals surface area contributed by atoms with Gasteiger partial charge in [0.2, 0.25) is 5.88 Å². The fourth-order valence-corrected chi connectivity index (χ4v) is 2.45. The van der Waals surface area contributed by atoms with Gasteiger partial charge in [-0.05, 0) is 24.3 Å². The third kappa shape index (κ3) is 6.06. The Morgan fingerprint density at radius 2 is 2.11 bits per heavy atom. The number of ether oxygens (including phenoxy) is 1. The third-order valence-corrected chi connectivity index (χ3v) is 3.68. The molecule has 2 atom stereocenters. The Morgan fingerprint density at radius 1 is 1.32 bits per heavy atom. The molecule has 0 radical (unpaired) electrons. The van der Waals surface area contributed by atoms with Gasteiger partial charge in [0.15, 0.2) is 0 Å². The second kappa shape index (κ2) is 8.92. The number of pyridine rings is 1. The predicted octanol–water partition coefficient (Wildman–Crippen LogP) is 3.57. The zero-order valence-electron chi connectivity index (χ0n) is 12.6. The summed E-state index contributed by atoms with van der Waals surface area (Å²) in [6.45, 7) is 4.51. The van der Waals surface area contributed by atoms with Gasteiger partial charge in [0, 0.05) is 18.3 Å². The quantitative estimate of drug-likeness (QED) is 0.741. The lowest BCUT2D eigenvalue weighted by atomic mass is 9.90. The summed E-state index contributed by atoms with van der Waals surface area (Å²) in [4.78, 5) is 4.22. The predicted molar refractivity (Wildman–Crippen MR) is 80.4 cm³/mol. The van der Waals surface area contributed by atoms with Crippen LogP contribution < -0.4 is 10.5 Å². The van der Waals surface area contributed by atoms with Crippen LogP contribution in [0.25, 0.3) is 0 Å². The fraction of sp³-hybridized carbons (Fsp3) is 0.688. The summed E-state index contributed by atoms with van der Waals surface area (Å²) >= 11 is 0. The molecule has 0 aromatic carbocycles. The highest BCUT2D eigenvalue weighted by Gasteiger charge is 2.12. The molecule has 3 nitrogen and oxygen atoms in total. The van der Waals surface area contributed by atoms with Gasteiger partial charge in [-0.1, -0.05) is 45.6 Å². The van der Waals surface area contributed by atoms with Crippen LogP contribution in [0.3, 0.4) is 0 Å². The minimum Gasteiger partial charge on any atom is -0.481 e. The molecule has 0 spiro atoms. The van der Waals surface area contributed by atoms with Crippen LogP contribution in [-0.2, 0) is 6.42 Å². The van der Waals surface area contributed by atoms with E-state index in [1.165, 1.54) is 31.2 Å². The van der Waals surface area contributed by atoms with Crippen LogP contribution in [0, 0.1) is 5.92 Å². The van der Waals surface area contributed by atoms with E-state index in [2.05, 4.69) is 24.9 Å². The van der Waals surface area contributed by atoms with E-state index in [1.807, 2.05) is 12.3 Å². The number of hydrogen-bond acceptors (Lipinski definition) is 3. The first kappa shape index (κ1) is 16.0. The van der Waals surface area contributed by atoms with Crippen molar-refractivity contribution in [1.29, 1.82) is 0 Å². The first-order valence-electron chi connectivity index (χ1n) is 7.44. The molecule has 108 valence electrons. The van der Waals surface area contributed by atoms with Gasteiger partial charge in [-0.3, -0.25) is 0 Å². The maximum Gasteiger partial charge on any atom is 0.212 e. The average Bonchev–Trinajstić information content (AvgIpc) is 2.44. The summed E-state index contributed by atoms with van der Waals surface area (Å²) in [5, 5.41) is 0. The smallest absolute Gasteiger partial charge is 0.212 e. The van der Waals surface area contributed by atoms with Crippen LogP contribution in [0.1, 0.15) is 51.5 Å². The minimum absolute atomic E-state index is 0.233. The van der Waals surface area contributed by atoms with Crippen molar-refractivity contribution in [3.8, 4) is 5.88 Å². The molecule has 0 aliphatic rings. The maximum absolute atomic E-state index is 6.27. The van der Waals surface area contributed by atoms with E-state index in [-0.39, 0.29) is 6.04 Å². The monoisotopic (exact) mass is 264 g/mol. The Kier molecular flexibility index (Phi) is 7.49. The van der Waals surface area contributed by atoms with Crippen LogP contribution >= 0.6 is 0 Å². The molecule has 0 amide bonds.